The van der Waals surface area contributed by atoms with E-state index in [4.69, 9.17) is 14.5 Å². The molecule has 1 heterocycles. The van der Waals surface area contributed by atoms with Gasteiger partial charge in [-0.25, -0.2) is 0 Å². The summed E-state index contributed by atoms with van der Waals surface area (Å²) in [5, 5.41) is 17.3. The second kappa shape index (κ2) is 10.3. The molecule has 0 aromatic carbocycles. The van der Waals surface area contributed by atoms with Gasteiger partial charge < -0.3 is 25.2 Å². The molecule has 0 unspecified atom stereocenters. The maximum Gasteiger partial charge on any atom is 0.191 e. The molecule has 1 aliphatic carbocycles. The lowest BCUT2D eigenvalue weighted by molar-refractivity contribution is -0.0594. The summed E-state index contributed by atoms with van der Waals surface area (Å²) in [5.74, 6) is 0.810. The Bertz CT molecular complexity index is 403. The van der Waals surface area contributed by atoms with Crippen molar-refractivity contribution in [1.29, 1.82) is 0 Å². The highest BCUT2D eigenvalue weighted by Crippen LogP contribution is 2.41. The third-order valence-electron chi connectivity index (χ3n) is 5.57. The van der Waals surface area contributed by atoms with Crippen molar-refractivity contribution in [2.75, 3.05) is 46.1 Å². The van der Waals surface area contributed by atoms with Crippen LogP contribution in [0.4, 0.5) is 0 Å². The SMILES string of the molecule is CCNC(=NCC1(CCOCC)CCCC1)NCC1(O)CCOCC1. The Kier molecular flexibility index (Phi) is 8.46. The van der Waals surface area contributed by atoms with Gasteiger partial charge in [0.05, 0.1) is 5.60 Å². The molecule has 0 amide bonds. The van der Waals surface area contributed by atoms with E-state index >= 15 is 0 Å². The van der Waals surface area contributed by atoms with E-state index in [1.807, 2.05) is 6.92 Å². The summed E-state index contributed by atoms with van der Waals surface area (Å²) < 4.78 is 10.9. The molecular weight excluding hydrogens is 318 g/mol. The number of hydrogen-bond donors (Lipinski definition) is 3. The predicted molar refractivity (Wildman–Crippen MR) is 101 cm³/mol. The Labute approximate surface area is 152 Å². The van der Waals surface area contributed by atoms with E-state index in [1.165, 1.54) is 25.7 Å². The smallest absolute Gasteiger partial charge is 0.191 e. The number of aliphatic imine (C=N–C) groups is 1. The largest absolute Gasteiger partial charge is 0.388 e. The normalized spacial score (nSPS) is 22.8. The van der Waals surface area contributed by atoms with Crippen molar-refractivity contribution in [2.24, 2.45) is 10.4 Å². The van der Waals surface area contributed by atoms with Gasteiger partial charge in [0.15, 0.2) is 5.96 Å². The van der Waals surface area contributed by atoms with Crippen molar-refractivity contribution < 1.29 is 14.6 Å². The summed E-state index contributed by atoms with van der Waals surface area (Å²) in [6, 6.07) is 0. The quantitative estimate of drug-likeness (QED) is 0.335. The van der Waals surface area contributed by atoms with Gasteiger partial charge in [-0.2, -0.15) is 0 Å². The van der Waals surface area contributed by atoms with E-state index in [1.54, 1.807) is 0 Å². The first-order valence-electron chi connectivity index (χ1n) is 10.0. The number of rotatable bonds is 9. The molecule has 2 rings (SSSR count). The van der Waals surface area contributed by atoms with Gasteiger partial charge >= 0.3 is 0 Å². The van der Waals surface area contributed by atoms with Crippen molar-refractivity contribution in [2.45, 2.75) is 64.4 Å². The molecule has 6 nitrogen and oxygen atoms in total. The van der Waals surface area contributed by atoms with Crippen LogP contribution in [0.2, 0.25) is 0 Å². The number of hydrogen-bond acceptors (Lipinski definition) is 4. The van der Waals surface area contributed by atoms with E-state index < -0.39 is 5.60 Å². The van der Waals surface area contributed by atoms with Gasteiger partial charge in [-0.1, -0.05) is 12.8 Å². The van der Waals surface area contributed by atoms with Crippen LogP contribution in [0, 0.1) is 5.41 Å². The Morgan fingerprint density at radius 2 is 1.84 bits per heavy atom. The first-order valence-corrected chi connectivity index (χ1v) is 10.0. The highest BCUT2D eigenvalue weighted by Gasteiger charge is 2.34. The van der Waals surface area contributed by atoms with Crippen molar-refractivity contribution in [1.82, 2.24) is 10.6 Å². The fraction of sp³-hybridized carbons (Fsp3) is 0.947. The molecule has 6 heteroatoms. The Morgan fingerprint density at radius 1 is 1.12 bits per heavy atom. The van der Waals surface area contributed by atoms with Crippen LogP contribution in [0.25, 0.3) is 0 Å². The third-order valence-corrected chi connectivity index (χ3v) is 5.57. The molecule has 1 saturated carbocycles. The number of guanidine groups is 1. The molecule has 0 spiro atoms. The molecule has 0 aromatic rings. The lowest BCUT2D eigenvalue weighted by atomic mass is 9.83. The van der Waals surface area contributed by atoms with Gasteiger partial charge in [-0.15, -0.1) is 0 Å². The van der Waals surface area contributed by atoms with E-state index in [0.29, 0.717) is 32.6 Å². The van der Waals surface area contributed by atoms with Crippen LogP contribution in [-0.2, 0) is 9.47 Å². The highest BCUT2D eigenvalue weighted by atomic mass is 16.5. The third kappa shape index (κ3) is 6.76. The molecule has 0 aromatic heterocycles. The van der Waals surface area contributed by atoms with E-state index in [-0.39, 0.29) is 5.41 Å². The number of nitrogens with zero attached hydrogens (tertiary/aromatic N) is 1. The molecular formula is C19H37N3O3. The Balaban J connectivity index is 1.90. The van der Waals surface area contributed by atoms with Gasteiger partial charge in [0, 0.05) is 58.9 Å². The van der Waals surface area contributed by atoms with Gasteiger partial charge in [0.1, 0.15) is 0 Å². The van der Waals surface area contributed by atoms with Crippen LogP contribution in [-0.4, -0.2) is 62.7 Å². The second-order valence-electron chi connectivity index (χ2n) is 7.54. The zero-order chi connectivity index (χ0) is 18.0. The number of nitrogens with one attached hydrogen (secondary N) is 2. The monoisotopic (exact) mass is 355 g/mol. The molecule has 1 aliphatic heterocycles. The average Bonchev–Trinajstić information content (AvgIpc) is 3.07. The van der Waals surface area contributed by atoms with Crippen molar-refractivity contribution in [3.8, 4) is 0 Å². The molecule has 3 N–H and O–H groups in total. The molecule has 0 atom stereocenters. The average molecular weight is 356 g/mol. The Morgan fingerprint density at radius 3 is 2.48 bits per heavy atom. The standard InChI is InChI=1S/C19H37N3O3/c1-3-20-17(22-16-19(23)10-13-25-14-11-19)21-15-18(7-5-6-8-18)9-12-24-4-2/h23H,3-16H2,1-2H3,(H2,20,21,22). The van der Waals surface area contributed by atoms with Gasteiger partial charge in [-0.05, 0) is 38.5 Å². The second-order valence-corrected chi connectivity index (χ2v) is 7.54. The van der Waals surface area contributed by atoms with Crippen molar-refractivity contribution in [3.63, 3.8) is 0 Å². The topological polar surface area (TPSA) is 75.1 Å². The van der Waals surface area contributed by atoms with Gasteiger partial charge in [0.2, 0.25) is 0 Å². The minimum absolute atomic E-state index is 0.285. The molecule has 25 heavy (non-hydrogen) atoms. The van der Waals surface area contributed by atoms with Crippen LogP contribution in [0.15, 0.2) is 4.99 Å². The summed E-state index contributed by atoms with van der Waals surface area (Å²) in [6.45, 7) is 9.17. The fourth-order valence-electron chi connectivity index (χ4n) is 3.81. The summed E-state index contributed by atoms with van der Waals surface area (Å²) in [7, 11) is 0. The molecule has 2 aliphatic rings. The van der Waals surface area contributed by atoms with Gasteiger partial charge in [0.25, 0.3) is 0 Å². The Hall–Kier alpha value is -0.850. The van der Waals surface area contributed by atoms with E-state index in [9.17, 15) is 5.11 Å². The number of ether oxygens (including phenoxy) is 2. The molecule has 2 fully saturated rings. The van der Waals surface area contributed by atoms with Crippen molar-refractivity contribution >= 4 is 5.96 Å². The lowest BCUT2D eigenvalue weighted by Crippen LogP contribution is -2.49. The van der Waals surface area contributed by atoms with Crippen LogP contribution in [0.3, 0.4) is 0 Å². The van der Waals surface area contributed by atoms with Gasteiger partial charge in [-0.3, -0.25) is 4.99 Å². The fourth-order valence-corrected chi connectivity index (χ4v) is 3.81. The van der Waals surface area contributed by atoms with Crippen LogP contribution >= 0.6 is 0 Å². The zero-order valence-corrected chi connectivity index (χ0v) is 16.1. The molecule has 1 saturated heterocycles. The van der Waals surface area contributed by atoms with E-state index in [2.05, 4.69) is 17.6 Å². The van der Waals surface area contributed by atoms with E-state index in [0.717, 1.165) is 38.7 Å². The summed E-state index contributed by atoms with van der Waals surface area (Å²) in [4.78, 5) is 4.86. The first-order chi connectivity index (χ1) is 12.1. The summed E-state index contributed by atoms with van der Waals surface area (Å²) >= 11 is 0. The molecule has 146 valence electrons. The van der Waals surface area contributed by atoms with Crippen LogP contribution in [0.5, 0.6) is 0 Å². The van der Waals surface area contributed by atoms with Crippen LogP contribution < -0.4 is 10.6 Å². The minimum atomic E-state index is -0.686. The maximum atomic E-state index is 10.6. The highest BCUT2D eigenvalue weighted by molar-refractivity contribution is 5.79. The molecule has 0 radical (unpaired) electrons. The van der Waals surface area contributed by atoms with Crippen LogP contribution in [0.1, 0.15) is 58.8 Å². The predicted octanol–water partition coefficient (Wildman–Crippen LogP) is 2.07. The zero-order valence-electron chi connectivity index (χ0n) is 16.1. The summed E-state index contributed by atoms with van der Waals surface area (Å²) in [5.41, 5.74) is -0.401. The molecule has 0 bridgehead atoms. The number of aliphatic hydroxyl groups is 1. The summed E-state index contributed by atoms with van der Waals surface area (Å²) in [6.07, 6.45) is 7.52. The lowest BCUT2D eigenvalue weighted by Gasteiger charge is -2.33. The minimum Gasteiger partial charge on any atom is -0.388 e. The maximum absolute atomic E-state index is 10.6. The van der Waals surface area contributed by atoms with Crippen molar-refractivity contribution in [3.05, 3.63) is 0 Å². The first kappa shape index (κ1) is 20.5.